The zero-order chi connectivity index (χ0) is 31.3. The maximum Gasteiger partial charge on any atom is 0.264 e. The average molecular weight is 633 g/mol. The molecule has 0 aliphatic carbocycles. The highest BCUT2D eigenvalue weighted by molar-refractivity contribution is 7.90. The second-order valence-electron chi connectivity index (χ2n) is 10.8. The monoisotopic (exact) mass is 632 g/mol. The van der Waals surface area contributed by atoms with Gasteiger partial charge in [-0.2, -0.15) is 0 Å². The van der Waals surface area contributed by atoms with Crippen molar-refractivity contribution in [3.8, 4) is 22.5 Å². The van der Waals surface area contributed by atoms with Gasteiger partial charge >= 0.3 is 0 Å². The van der Waals surface area contributed by atoms with E-state index < -0.39 is 27.9 Å². The second-order valence-corrected chi connectivity index (χ2v) is 12.9. The van der Waals surface area contributed by atoms with Crippen molar-refractivity contribution >= 4 is 39.3 Å². The molecule has 0 fully saturated rings. The number of unbranched alkanes of at least 4 members (excludes halogenated alkanes) is 3. The summed E-state index contributed by atoms with van der Waals surface area (Å²) in [5.41, 5.74) is 4.58. The Morgan fingerprint density at radius 1 is 0.909 bits per heavy atom. The topological polar surface area (TPSA) is 130 Å². The van der Waals surface area contributed by atoms with Crippen molar-refractivity contribution < 1.29 is 23.1 Å². The van der Waals surface area contributed by atoms with Gasteiger partial charge < -0.3 is 5.11 Å². The van der Waals surface area contributed by atoms with Crippen molar-refractivity contribution in [2.45, 2.75) is 56.4 Å². The highest BCUT2D eigenvalue weighted by Crippen LogP contribution is 2.35. The third kappa shape index (κ3) is 7.32. The van der Waals surface area contributed by atoms with Crippen LogP contribution in [0.15, 0.2) is 83.8 Å². The molecule has 1 aliphatic rings. The minimum atomic E-state index is -3.90. The number of aryl methyl sites for hydroxylation is 1. The number of amides is 2. The molecule has 11 heteroatoms. The van der Waals surface area contributed by atoms with E-state index in [1.54, 1.807) is 30.3 Å². The molecule has 1 aliphatic heterocycles. The predicted molar refractivity (Wildman–Crippen MR) is 170 cm³/mol. The van der Waals surface area contributed by atoms with Gasteiger partial charge in [-0.15, -0.1) is 0 Å². The maximum absolute atomic E-state index is 13.1. The summed E-state index contributed by atoms with van der Waals surface area (Å²) in [6.45, 7) is 2.32. The maximum atomic E-state index is 13.1. The fraction of sp³-hybridized carbons (Fsp3) is 0.273. The van der Waals surface area contributed by atoms with Gasteiger partial charge in [-0.3, -0.25) is 14.5 Å². The van der Waals surface area contributed by atoms with E-state index in [4.69, 9.17) is 21.6 Å². The van der Waals surface area contributed by atoms with Crippen LogP contribution in [0.25, 0.3) is 22.5 Å². The van der Waals surface area contributed by atoms with Crippen LogP contribution in [0.2, 0.25) is 5.02 Å². The lowest BCUT2D eigenvalue weighted by molar-refractivity contribution is -0.127. The van der Waals surface area contributed by atoms with Crippen LogP contribution < -0.4 is 9.62 Å². The summed E-state index contributed by atoms with van der Waals surface area (Å²) in [7, 11) is -3.90. The molecule has 0 saturated carbocycles. The Bertz CT molecular complexity index is 1750. The number of nitrogens with zero attached hydrogens (tertiary/aromatic N) is 3. The molecule has 1 unspecified atom stereocenters. The standard InChI is InChI=1S/C33H33ClN4O5S/c1-22-12-14-23(15-13-22)30-31(24-16-18-25(34)19-17-24)36-32-27(35-30)21-28(39)33(41)38(32)20-8-3-2-7-11-29(40)37-44(42,43)26-9-5-4-6-10-26/h4-6,9-10,12-19,28,39H,2-3,7-8,11,20-21H2,1H3,(H,37,40). The first-order valence-corrected chi connectivity index (χ1v) is 16.3. The summed E-state index contributed by atoms with van der Waals surface area (Å²) in [5.74, 6) is -0.569. The lowest BCUT2D eigenvalue weighted by atomic mass is 10.0. The van der Waals surface area contributed by atoms with E-state index in [0.29, 0.717) is 60.2 Å². The van der Waals surface area contributed by atoms with E-state index in [1.807, 2.05) is 43.3 Å². The van der Waals surface area contributed by atoms with Gasteiger partial charge in [0.1, 0.15) is 6.10 Å². The van der Waals surface area contributed by atoms with E-state index >= 15 is 0 Å². The lowest BCUT2D eigenvalue weighted by Crippen LogP contribution is -2.46. The molecule has 4 aromatic rings. The van der Waals surface area contributed by atoms with Gasteiger partial charge in [-0.25, -0.2) is 23.1 Å². The third-order valence-electron chi connectivity index (χ3n) is 7.42. The number of rotatable bonds is 11. The molecule has 0 spiro atoms. The molecule has 0 bridgehead atoms. The number of hydrogen-bond donors (Lipinski definition) is 2. The Balaban J connectivity index is 1.27. The van der Waals surface area contributed by atoms with Crippen LogP contribution >= 0.6 is 11.6 Å². The van der Waals surface area contributed by atoms with E-state index in [-0.39, 0.29) is 17.7 Å². The van der Waals surface area contributed by atoms with Crippen molar-refractivity contribution in [2.24, 2.45) is 0 Å². The fourth-order valence-corrected chi connectivity index (χ4v) is 6.24. The predicted octanol–water partition coefficient (Wildman–Crippen LogP) is 5.48. The first-order valence-electron chi connectivity index (χ1n) is 14.5. The average Bonchev–Trinajstić information content (AvgIpc) is 3.01. The second kappa shape index (κ2) is 13.7. The molecule has 9 nitrogen and oxygen atoms in total. The van der Waals surface area contributed by atoms with Crippen LogP contribution in [-0.4, -0.2) is 48.0 Å². The molecule has 5 rings (SSSR count). The number of carbonyl (C=O) groups is 2. The number of hydrogen-bond acceptors (Lipinski definition) is 7. The normalized spacial score (nSPS) is 14.8. The number of sulfonamides is 1. The SMILES string of the molecule is Cc1ccc(-c2nc3c(nc2-c2ccc(Cl)cc2)N(CCCCCCC(=O)NS(=O)(=O)c2ccccc2)C(=O)C(O)C3)cc1. The van der Waals surface area contributed by atoms with Crippen molar-refractivity contribution in [1.29, 1.82) is 0 Å². The fourth-order valence-electron chi connectivity index (χ4n) is 5.08. The lowest BCUT2D eigenvalue weighted by Gasteiger charge is -2.31. The van der Waals surface area contributed by atoms with Crippen molar-refractivity contribution in [3.05, 3.63) is 95.1 Å². The molecule has 0 radical (unpaired) electrons. The number of halogens is 1. The van der Waals surface area contributed by atoms with Gasteiger partial charge in [-0.05, 0) is 44.0 Å². The van der Waals surface area contributed by atoms with Crippen LogP contribution in [0.1, 0.15) is 43.4 Å². The van der Waals surface area contributed by atoms with Crippen molar-refractivity contribution in [2.75, 3.05) is 11.4 Å². The number of aliphatic hydroxyl groups is 1. The Morgan fingerprint density at radius 3 is 2.20 bits per heavy atom. The van der Waals surface area contributed by atoms with E-state index in [1.165, 1.54) is 17.0 Å². The molecule has 1 aromatic heterocycles. The van der Waals surface area contributed by atoms with Gasteiger partial charge in [0, 0.05) is 35.5 Å². The number of fused-ring (bicyclic) bond motifs is 1. The van der Waals surface area contributed by atoms with Gasteiger partial charge in [0.15, 0.2) is 5.82 Å². The zero-order valence-electron chi connectivity index (χ0n) is 24.2. The number of aliphatic hydroxyl groups excluding tert-OH is 1. The molecule has 2 amide bonds. The molecule has 0 saturated heterocycles. The smallest absolute Gasteiger partial charge is 0.264 e. The number of nitrogens with one attached hydrogen (secondary N) is 1. The van der Waals surface area contributed by atoms with E-state index in [0.717, 1.165) is 16.7 Å². The van der Waals surface area contributed by atoms with Gasteiger partial charge in [0.05, 0.1) is 22.0 Å². The molecule has 44 heavy (non-hydrogen) atoms. The van der Waals surface area contributed by atoms with E-state index in [9.17, 15) is 23.1 Å². The molecule has 3 aromatic carbocycles. The molecule has 1 atom stereocenters. The van der Waals surface area contributed by atoms with Crippen LogP contribution in [0.4, 0.5) is 5.82 Å². The highest BCUT2D eigenvalue weighted by Gasteiger charge is 2.34. The number of carbonyl (C=O) groups excluding carboxylic acids is 2. The summed E-state index contributed by atoms with van der Waals surface area (Å²) in [5, 5.41) is 11.2. The molecular weight excluding hydrogens is 600 g/mol. The Kier molecular flexibility index (Phi) is 9.73. The zero-order valence-corrected chi connectivity index (χ0v) is 25.8. The minimum Gasteiger partial charge on any atom is -0.383 e. The number of benzene rings is 3. The Hall–Kier alpha value is -4.12. The first kappa shape index (κ1) is 31.3. The van der Waals surface area contributed by atoms with Crippen LogP contribution in [0, 0.1) is 6.92 Å². The van der Waals surface area contributed by atoms with E-state index in [2.05, 4.69) is 4.72 Å². The number of aromatic nitrogens is 2. The van der Waals surface area contributed by atoms with Gasteiger partial charge in [0.25, 0.3) is 15.9 Å². The van der Waals surface area contributed by atoms with Crippen LogP contribution in [0.5, 0.6) is 0 Å². The van der Waals surface area contributed by atoms with Crippen molar-refractivity contribution in [1.82, 2.24) is 14.7 Å². The molecule has 2 heterocycles. The van der Waals surface area contributed by atoms with Crippen molar-refractivity contribution in [3.63, 3.8) is 0 Å². The van der Waals surface area contributed by atoms with Crippen LogP contribution in [0.3, 0.4) is 0 Å². The quantitative estimate of drug-likeness (QED) is 0.210. The number of anilines is 1. The van der Waals surface area contributed by atoms with Crippen LogP contribution in [-0.2, 0) is 26.0 Å². The first-order chi connectivity index (χ1) is 21.1. The molecular formula is C33H33ClN4O5S. The summed E-state index contributed by atoms with van der Waals surface area (Å²) >= 11 is 6.15. The highest BCUT2D eigenvalue weighted by atomic mass is 35.5. The molecule has 2 N–H and O–H groups in total. The summed E-state index contributed by atoms with van der Waals surface area (Å²) < 4.78 is 26.8. The largest absolute Gasteiger partial charge is 0.383 e. The summed E-state index contributed by atoms with van der Waals surface area (Å²) in [6.07, 6.45) is 1.34. The minimum absolute atomic E-state index is 0.0373. The van der Waals surface area contributed by atoms with Gasteiger partial charge in [0.2, 0.25) is 5.91 Å². The Labute approximate surface area is 262 Å². The third-order valence-corrected chi connectivity index (χ3v) is 9.06. The Morgan fingerprint density at radius 2 is 1.52 bits per heavy atom. The molecule has 228 valence electrons. The summed E-state index contributed by atoms with van der Waals surface area (Å²) in [6, 6.07) is 23.0. The van der Waals surface area contributed by atoms with Gasteiger partial charge in [-0.1, -0.05) is 84.6 Å². The summed E-state index contributed by atoms with van der Waals surface area (Å²) in [4.78, 5) is 36.8.